The van der Waals surface area contributed by atoms with Gasteiger partial charge in [-0.2, -0.15) is 13.2 Å². The Bertz CT molecular complexity index is 706. The molecule has 3 rings (SSSR count). The summed E-state index contributed by atoms with van der Waals surface area (Å²) in [6, 6.07) is 5.21. The summed E-state index contributed by atoms with van der Waals surface area (Å²) in [4.78, 5) is 26.1. The van der Waals surface area contributed by atoms with Crippen LogP contribution in [0.3, 0.4) is 0 Å². The average molecular weight is 420 g/mol. The third-order valence-corrected chi connectivity index (χ3v) is 5.33. The first-order valence-electron chi connectivity index (χ1n) is 9.22. The number of hydrogen-bond donors (Lipinski definition) is 2. The van der Waals surface area contributed by atoms with Crippen LogP contribution in [0.4, 0.5) is 13.2 Å². The van der Waals surface area contributed by atoms with Crippen LogP contribution in [0.1, 0.15) is 43.2 Å². The highest BCUT2D eigenvalue weighted by molar-refractivity contribution is 5.89. The van der Waals surface area contributed by atoms with Gasteiger partial charge in [0.15, 0.2) is 0 Å². The number of halogens is 4. The molecule has 1 aliphatic heterocycles. The lowest BCUT2D eigenvalue weighted by molar-refractivity contribution is -0.137. The van der Waals surface area contributed by atoms with E-state index in [-0.39, 0.29) is 55.8 Å². The van der Waals surface area contributed by atoms with Crippen molar-refractivity contribution in [1.29, 1.82) is 0 Å². The van der Waals surface area contributed by atoms with Crippen LogP contribution in [0.2, 0.25) is 0 Å². The Morgan fingerprint density at radius 2 is 1.89 bits per heavy atom. The summed E-state index contributed by atoms with van der Waals surface area (Å²) in [6.45, 7) is 0.304. The zero-order chi connectivity index (χ0) is 19.6. The molecule has 1 unspecified atom stereocenters. The van der Waals surface area contributed by atoms with Gasteiger partial charge in [-0.1, -0.05) is 12.1 Å². The summed E-state index contributed by atoms with van der Waals surface area (Å²) in [5.74, 6) is -0.826. The number of benzene rings is 1. The molecule has 1 aliphatic carbocycles. The van der Waals surface area contributed by atoms with Crippen molar-refractivity contribution in [3.8, 4) is 0 Å². The Morgan fingerprint density at radius 3 is 2.54 bits per heavy atom. The van der Waals surface area contributed by atoms with Gasteiger partial charge in [0.2, 0.25) is 11.8 Å². The molecule has 0 spiro atoms. The predicted molar refractivity (Wildman–Crippen MR) is 101 cm³/mol. The summed E-state index contributed by atoms with van der Waals surface area (Å²) >= 11 is 0. The molecule has 0 radical (unpaired) electrons. The summed E-state index contributed by atoms with van der Waals surface area (Å²) in [5.41, 5.74) is 5.53. The third kappa shape index (κ3) is 5.61. The third-order valence-electron chi connectivity index (χ3n) is 5.33. The molecule has 28 heavy (non-hydrogen) atoms. The molecule has 9 heteroatoms. The topological polar surface area (TPSA) is 75.4 Å². The van der Waals surface area contributed by atoms with Crippen molar-refractivity contribution in [2.45, 2.75) is 56.9 Å². The van der Waals surface area contributed by atoms with Gasteiger partial charge >= 0.3 is 6.18 Å². The molecule has 0 bridgehead atoms. The number of nitrogens with one attached hydrogen (secondary N) is 1. The summed E-state index contributed by atoms with van der Waals surface area (Å²) in [7, 11) is 0. The first kappa shape index (κ1) is 22.5. The lowest BCUT2D eigenvalue weighted by atomic mass is 9.91. The van der Waals surface area contributed by atoms with E-state index >= 15 is 0 Å². The molecule has 2 fully saturated rings. The van der Waals surface area contributed by atoms with Crippen LogP contribution < -0.4 is 11.1 Å². The van der Waals surface area contributed by atoms with E-state index in [0.717, 1.165) is 37.8 Å². The minimum atomic E-state index is -4.42. The van der Waals surface area contributed by atoms with Crippen molar-refractivity contribution < 1.29 is 22.8 Å². The Balaban J connectivity index is 0.00000280. The van der Waals surface area contributed by atoms with Gasteiger partial charge in [0.05, 0.1) is 11.5 Å². The molecule has 0 aromatic heterocycles. The number of alkyl halides is 3. The van der Waals surface area contributed by atoms with E-state index in [2.05, 4.69) is 5.32 Å². The maximum atomic E-state index is 12.8. The number of amides is 2. The SMILES string of the molecule is Cl.NC1CCC(NC(=O)C2CC(=O)N(Cc3cccc(C(F)(F)F)c3)C2)CC1. The summed E-state index contributed by atoms with van der Waals surface area (Å²) in [5, 5.41) is 2.99. The van der Waals surface area contributed by atoms with Gasteiger partial charge in [-0.3, -0.25) is 9.59 Å². The minimum absolute atomic E-state index is 0. The molecule has 1 saturated carbocycles. The molecule has 156 valence electrons. The highest BCUT2D eigenvalue weighted by Crippen LogP contribution is 2.30. The normalized spacial score (nSPS) is 25.4. The maximum absolute atomic E-state index is 12.8. The van der Waals surface area contributed by atoms with Crippen LogP contribution >= 0.6 is 12.4 Å². The van der Waals surface area contributed by atoms with Gasteiger partial charge < -0.3 is 16.0 Å². The van der Waals surface area contributed by atoms with Crippen LogP contribution in [0.15, 0.2) is 24.3 Å². The lowest BCUT2D eigenvalue weighted by Gasteiger charge is -2.27. The van der Waals surface area contributed by atoms with Gasteiger partial charge in [-0.05, 0) is 43.4 Å². The second-order valence-electron chi connectivity index (χ2n) is 7.49. The molecular formula is C19H25ClF3N3O2. The van der Waals surface area contributed by atoms with E-state index in [1.54, 1.807) is 6.07 Å². The van der Waals surface area contributed by atoms with E-state index in [1.807, 2.05) is 0 Å². The first-order valence-corrected chi connectivity index (χ1v) is 9.22. The predicted octanol–water partition coefficient (Wildman–Crippen LogP) is 2.86. The van der Waals surface area contributed by atoms with Crippen molar-refractivity contribution in [2.75, 3.05) is 6.54 Å². The smallest absolute Gasteiger partial charge is 0.353 e. The minimum Gasteiger partial charge on any atom is -0.353 e. The van der Waals surface area contributed by atoms with E-state index in [9.17, 15) is 22.8 Å². The molecule has 1 atom stereocenters. The second kappa shape index (κ2) is 9.13. The van der Waals surface area contributed by atoms with E-state index in [0.29, 0.717) is 5.56 Å². The monoisotopic (exact) mass is 419 g/mol. The zero-order valence-electron chi connectivity index (χ0n) is 15.4. The number of hydrogen-bond acceptors (Lipinski definition) is 3. The van der Waals surface area contributed by atoms with Crippen LogP contribution in [0.5, 0.6) is 0 Å². The Hall–Kier alpha value is -1.80. The zero-order valence-corrected chi connectivity index (χ0v) is 16.2. The van der Waals surface area contributed by atoms with Gasteiger partial charge in [0.25, 0.3) is 0 Å². The molecule has 2 amide bonds. The molecule has 1 aromatic rings. The number of carbonyl (C=O) groups excluding carboxylic acids is 2. The number of nitrogens with two attached hydrogens (primary N) is 1. The molecule has 1 saturated heterocycles. The summed E-state index contributed by atoms with van der Waals surface area (Å²) < 4.78 is 38.5. The van der Waals surface area contributed by atoms with Crippen molar-refractivity contribution in [2.24, 2.45) is 11.7 Å². The molecule has 1 aromatic carbocycles. The molecule has 5 nitrogen and oxygen atoms in total. The number of rotatable bonds is 4. The molecule has 3 N–H and O–H groups in total. The Kier molecular flexibility index (Phi) is 7.33. The van der Waals surface area contributed by atoms with Crippen LogP contribution in [-0.4, -0.2) is 35.3 Å². The van der Waals surface area contributed by atoms with Gasteiger partial charge in [-0.25, -0.2) is 0 Å². The standard InChI is InChI=1S/C19H24F3N3O2.ClH/c20-19(21,22)14-3-1-2-12(8-14)10-25-11-13(9-17(25)26)18(27)24-16-6-4-15(23)5-7-16;/h1-3,8,13,15-16H,4-7,9-11,23H2,(H,24,27);1H. The first-order chi connectivity index (χ1) is 12.7. The molecular weight excluding hydrogens is 395 g/mol. The van der Waals surface area contributed by atoms with Crippen molar-refractivity contribution >= 4 is 24.2 Å². The summed E-state index contributed by atoms with van der Waals surface area (Å²) in [6.07, 6.45) is -0.914. The second-order valence-corrected chi connectivity index (χ2v) is 7.49. The Morgan fingerprint density at radius 1 is 1.21 bits per heavy atom. The van der Waals surface area contributed by atoms with Gasteiger partial charge in [-0.15, -0.1) is 12.4 Å². The van der Waals surface area contributed by atoms with Crippen molar-refractivity contribution in [3.05, 3.63) is 35.4 Å². The Labute approximate surface area is 168 Å². The fourth-order valence-corrected chi connectivity index (χ4v) is 3.75. The largest absolute Gasteiger partial charge is 0.416 e. The van der Waals surface area contributed by atoms with Crippen molar-refractivity contribution in [3.63, 3.8) is 0 Å². The highest BCUT2D eigenvalue weighted by Gasteiger charge is 2.36. The van der Waals surface area contributed by atoms with E-state index < -0.39 is 17.7 Å². The maximum Gasteiger partial charge on any atom is 0.416 e. The van der Waals surface area contributed by atoms with Crippen molar-refractivity contribution in [1.82, 2.24) is 10.2 Å². The number of nitrogens with zero attached hydrogens (tertiary/aromatic N) is 1. The van der Waals surface area contributed by atoms with Crippen LogP contribution in [0, 0.1) is 5.92 Å². The number of carbonyl (C=O) groups is 2. The lowest BCUT2D eigenvalue weighted by Crippen LogP contribution is -2.43. The molecule has 1 heterocycles. The van der Waals surface area contributed by atoms with E-state index in [4.69, 9.17) is 5.73 Å². The average Bonchev–Trinajstić information content (AvgIpc) is 2.97. The van der Waals surface area contributed by atoms with Gasteiger partial charge in [0.1, 0.15) is 0 Å². The number of likely N-dealkylation sites (tertiary alicyclic amines) is 1. The molecule has 2 aliphatic rings. The fraction of sp³-hybridized carbons (Fsp3) is 0.579. The quantitative estimate of drug-likeness (QED) is 0.788. The van der Waals surface area contributed by atoms with Crippen LogP contribution in [-0.2, 0) is 22.3 Å². The van der Waals surface area contributed by atoms with Gasteiger partial charge in [0, 0.05) is 31.6 Å². The van der Waals surface area contributed by atoms with Crippen LogP contribution in [0.25, 0.3) is 0 Å². The van der Waals surface area contributed by atoms with E-state index in [1.165, 1.54) is 11.0 Å². The highest BCUT2D eigenvalue weighted by atomic mass is 35.5. The fourth-order valence-electron chi connectivity index (χ4n) is 3.75.